The van der Waals surface area contributed by atoms with Crippen LogP contribution in [0.1, 0.15) is 175 Å². The second-order valence-electron chi connectivity index (χ2n) is 12.8. The summed E-state index contributed by atoms with van der Waals surface area (Å²) in [5.74, 6) is 0.448. The number of hydrogen-bond acceptors (Lipinski definition) is 3. The number of carbonyl (C=O) groups excluding carboxylic acids is 1. The standard InChI is InChI=1S/C38H74N2O2/c1-6-9-12-15-18-21-24-27-31-36(32-28-25-22-19-16-13-10-7-2)37(33-29-26-23-20-17-14-11-8-3)42-38(41)39-34-30-35-40(4)5/h18-19,21-22,36-37H,6-17,20,23-35H2,1-5H3,(H,39,41)/b21-18-,22-19-. The van der Waals surface area contributed by atoms with Gasteiger partial charge in [0, 0.05) is 6.54 Å². The molecule has 0 aliphatic carbocycles. The maximum Gasteiger partial charge on any atom is 0.407 e. The molecule has 0 aliphatic heterocycles. The van der Waals surface area contributed by atoms with Crippen LogP contribution in [0.25, 0.3) is 0 Å². The monoisotopic (exact) mass is 591 g/mol. The molecule has 0 rings (SSSR count). The van der Waals surface area contributed by atoms with Crippen LogP contribution in [0.4, 0.5) is 4.79 Å². The summed E-state index contributed by atoms with van der Waals surface area (Å²) >= 11 is 0. The van der Waals surface area contributed by atoms with Crippen molar-refractivity contribution < 1.29 is 9.53 Å². The molecule has 0 radical (unpaired) electrons. The van der Waals surface area contributed by atoms with Gasteiger partial charge in [-0.1, -0.05) is 116 Å². The summed E-state index contributed by atoms with van der Waals surface area (Å²) in [7, 11) is 4.15. The van der Waals surface area contributed by atoms with Gasteiger partial charge in [0.05, 0.1) is 0 Å². The predicted molar refractivity (Wildman–Crippen MR) is 186 cm³/mol. The number of ether oxygens (including phenoxy) is 1. The minimum Gasteiger partial charge on any atom is -0.446 e. The molecule has 1 atom stereocenters. The molecule has 42 heavy (non-hydrogen) atoms. The Labute approximate surface area is 263 Å². The van der Waals surface area contributed by atoms with Gasteiger partial charge < -0.3 is 15.0 Å². The molecule has 248 valence electrons. The van der Waals surface area contributed by atoms with Gasteiger partial charge in [0.25, 0.3) is 0 Å². The lowest BCUT2D eigenvalue weighted by Gasteiger charge is -2.27. The average molecular weight is 591 g/mol. The number of nitrogens with zero attached hydrogens (tertiary/aromatic N) is 1. The Morgan fingerprint density at radius 1 is 0.595 bits per heavy atom. The van der Waals surface area contributed by atoms with Crippen LogP contribution in [0.15, 0.2) is 24.3 Å². The zero-order valence-electron chi connectivity index (χ0n) is 29.1. The van der Waals surface area contributed by atoms with E-state index < -0.39 is 0 Å². The summed E-state index contributed by atoms with van der Waals surface area (Å²) in [5, 5.41) is 3.04. The van der Waals surface area contributed by atoms with E-state index in [2.05, 4.69) is 69.4 Å². The molecule has 1 amide bonds. The molecule has 1 N–H and O–H groups in total. The van der Waals surface area contributed by atoms with Gasteiger partial charge in [-0.05, 0) is 110 Å². The summed E-state index contributed by atoms with van der Waals surface area (Å²) in [4.78, 5) is 15.0. The third-order valence-electron chi connectivity index (χ3n) is 8.35. The SMILES string of the molecule is CCCCC/C=C\CCCC(CCC/C=C\CCCCC)C(CCCCCCCCCC)OC(=O)NCCCN(C)C. The molecule has 0 aromatic carbocycles. The van der Waals surface area contributed by atoms with Gasteiger partial charge in [-0.25, -0.2) is 4.79 Å². The van der Waals surface area contributed by atoms with Gasteiger partial charge in [0.15, 0.2) is 0 Å². The normalized spacial score (nSPS) is 12.7. The van der Waals surface area contributed by atoms with Crippen LogP contribution in [0.5, 0.6) is 0 Å². The van der Waals surface area contributed by atoms with Gasteiger partial charge in [-0.15, -0.1) is 0 Å². The van der Waals surface area contributed by atoms with Crippen molar-refractivity contribution in [3.63, 3.8) is 0 Å². The highest BCUT2D eigenvalue weighted by Crippen LogP contribution is 2.27. The molecule has 0 saturated heterocycles. The van der Waals surface area contributed by atoms with E-state index in [9.17, 15) is 4.79 Å². The third kappa shape index (κ3) is 28.8. The molecular weight excluding hydrogens is 516 g/mol. The highest BCUT2D eigenvalue weighted by molar-refractivity contribution is 5.67. The van der Waals surface area contributed by atoms with Crippen LogP contribution < -0.4 is 5.32 Å². The lowest BCUT2D eigenvalue weighted by atomic mass is 9.87. The minimum atomic E-state index is -0.213. The molecule has 0 fully saturated rings. The van der Waals surface area contributed by atoms with Crippen LogP contribution in [-0.2, 0) is 4.74 Å². The van der Waals surface area contributed by atoms with Gasteiger partial charge in [-0.3, -0.25) is 0 Å². The van der Waals surface area contributed by atoms with E-state index in [0.717, 1.165) is 51.5 Å². The van der Waals surface area contributed by atoms with E-state index in [1.54, 1.807) is 0 Å². The lowest BCUT2D eigenvalue weighted by molar-refractivity contribution is 0.0468. The maximum absolute atomic E-state index is 12.9. The summed E-state index contributed by atoms with van der Waals surface area (Å²) < 4.78 is 6.22. The zero-order chi connectivity index (χ0) is 30.9. The van der Waals surface area contributed by atoms with Crippen molar-refractivity contribution in [3.8, 4) is 0 Å². The maximum atomic E-state index is 12.9. The predicted octanol–water partition coefficient (Wildman–Crippen LogP) is 11.8. The molecule has 0 saturated carbocycles. The zero-order valence-corrected chi connectivity index (χ0v) is 29.1. The van der Waals surface area contributed by atoms with E-state index in [1.807, 2.05) is 0 Å². The molecule has 0 aliphatic rings. The highest BCUT2D eigenvalue weighted by Gasteiger charge is 2.24. The first kappa shape index (κ1) is 40.7. The summed E-state index contributed by atoms with van der Waals surface area (Å²) in [6, 6.07) is 0. The third-order valence-corrected chi connectivity index (χ3v) is 8.35. The van der Waals surface area contributed by atoms with Crippen molar-refractivity contribution in [1.82, 2.24) is 10.2 Å². The molecule has 4 heteroatoms. The number of alkyl carbamates (subject to hydrolysis) is 1. The quantitative estimate of drug-likeness (QED) is 0.0645. The molecule has 4 nitrogen and oxygen atoms in total. The first-order valence-electron chi connectivity index (χ1n) is 18.4. The number of amides is 1. The molecular formula is C38H74N2O2. The topological polar surface area (TPSA) is 41.6 Å². The fourth-order valence-corrected chi connectivity index (χ4v) is 5.64. The van der Waals surface area contributed by atoms with E-state index in [1.165, 1.54) is 109 Å². The van der Waals surface area contributed by atoms with Crippen molar-refractivity contribution in [2.24, 2.45) is 5.92 Å². The summed E-state index contributed by atoms with van der Waals surface area (Å²) in [6.07, 6.45) is 39.0. The molecule has 0 aromatic rings. The Kier molecular flexibility index (Phi) is 31.6. The van der Waals surface area contributed by atoms with Gasteiger partial charge >= 0.3 is 6.09 Å². The van der Waals surface area contributed by atoms with E-state index in [-0.39, 0.29) is 12.2 Å². The van der Waals surface area contributed by atoms with Crippen LogP contribution in [0, 0.1) is 5.92 Å². The van der Waals surface area contributed by atoms with Crippen LogP contribution in [0.3, 0.4) is 0 Å². The number of carbonyl (C=O) groups is 1. The first-order chi connectivity index (χ1) is 20.5. The molecule has 0 bridgehead atoms. The summed E-state index contributed by atoms with van der Waals surface area (Å²) in [6.45, 7) is 8.47. The average Bonchev–Trinajstić information content (AvgIpc) is 2.97. The highest BCUT2D eigenvalue weighted by atomic mass is 16.6. The van der Waals surface area contributed by atoms with Crippen molar-refractivity contribution in [3.05, 3.63) is 24.3 Å². The Morgan fingerprint density at radius 3 is 1.55 bits per heavy atom. The van der Waals surface area contributed by atoms with Gasteiger partial charge in [-0.2, -0.15) is 0 Å². The Balaban J connectivity index is 5.06. The Morgan fingerprint density at radius 2 is 1.05 bits per heavy atom. The van der Waals surface area contributed by atoms with E-state index >= 15 is 0 Å². The lowest BCUT2D eigenvalue weighted by Crippen LogP contribution is -2.34. The number of rotatable bonds is 31. The second kappa shape index (κ2) is 32.6. The van der Waals surface area contributed by atoms with Crippen LogP contribution in [-0.4, -0.2) is 44.3 Å². The minimum absolute atomic E-state index is 0.0287. The van der Waals surface area contributed by atoms with Crippen molar-refractivity contribution in [2.75, 3.05) is 27.2 Å². The van der Waals surface area contributed by atoms with Crippen LogP contribution in [0.2, 0.25) is 0 Å². The summed E-state index contributed by atoms with van der Waals surface area (Å²) in [5.41, 5.74) is 0. The van der Waals surface area contributed by atoms with Gasteiger partial charge in [0.1, 0.15) is 6.10 Å². The number of allylic oxidation sites excluding steroid dienone is 4. The van der Waals surface area contributed by atoms with Crippen molar-refractivity contribution >= 4 is 6.09 Å². The number of nitrogens with one attached hydrogen (secondary N) is 1. The number of unbranched alkanes of at least 4 members (excludes halogenated alkanes) is 15. The van der Waals surface area contributed by atoms with E-state index in [4.69, 9.17) is 4.74 Å². The fourth-order valence-electron chi connectivity index (χ4n) is 5.64. The van der Waals surface area contributed by atoms with Crippen LogP contribution >= 0.6 is 0 Å². The molecule has 0 heterocycles. The second-order valence-corrected chi connectivity index (χ2v) is 12.8. The Bertz CT molecular complexity index is 590. The van der Waals surface area contributed by atoms with Gasteiger partial charge in [0.2, 0.25) is 0 Å². The number of hydrogen-bond donors (Lipinski definition) is 1. The van der Waals surface area contributed by atoms with E-state index in [0.29, 0.717) is 12.5 Å². The smallest absolute Gasteiger partial charge is 0.407 e. The molecule has 0 spiro atoms. The molecule has 0 aromatic heterocycles. The first-order valence-corrected chi connectivity index (χ1v) is 18.4. The molecule has 1 unspecified atom stereocenters. The largest absolute Gasteiger partial charge is 0.446 e. The Hall–Kier alpha value is -1.29. The van der Waals surface area contributed by atoms with Crippen molar-refractivity contribution in [2.45, 2.75) is 181 Å². The fraction of sp³-hybridized carbons (Fsp3) is 0.868. The van der Waals surface area contributed by atoms with Crippen molar-refractivity contribution in [1.29, 1.82) is 0 Å².